The second kappa shape index (κ2) is 5.23. The highest BCUT2D eigenvalue weighted by Gasteiger charge is 2.10. The molecule has 0 atom stereocenters. The Kier molecular flexibility index (Phi) is 3.68. The summed E-state index contributed by atoms with van der Waals surface area (Å²) in [5, 5.41) is 0.668. The van der Waals surface area contributed by atoms with Gasteiger partial charge in [-0.2, -0.15) is 0 Å². The lowest BCUT2D eigenvalue weighted by Crippen LogP contribution is -2.07. The fourth-order valence-electron chi connectivity index (χ4n) is 1.79. The summed E-state index contributed by atoms with van der Waals surface area (Å²) >= 11 is 5.81. The molecule has 18 heavy (non-hydrogen) atoms. The summed E-state index contributed by atoms with van der Waals surface area (Å²) in [6.07, 6.45) is 0.338. The number of Topliss-reactive ketones (excluding diaryl/α,β-unsaturated/α-hetero) is 1. The number of rotatable bonds is 3. The molecule has 0 radical (unpaired) electrons. The minimum absolute atomic E-state index is 0.0264. The van der Waals surface area contributed by atoms with Crippen LogP contribution in [0.2, 0.25) is 5.02 Å². The molecule has 0 unspecified atom stereocenters. The average Bonchev–Trinajstić information content (AvgIpc) is 2.35. The Morgan fingerprint density at radius 3 is 2.50 bits per heavy atom. The molecule has 0 amide bonds. The number of carbonyl (C=O) groups excluding carboxylic acids is 1. The molecular formula is C15H14ClNO. The summed E-state index contributed by atoms with van der Waals surface area (Å²) in [4.78, 5) is 12.2. The maximum atomic E-state index is 12.2. The molecule has 92 valence electrons. The van der Waals surface area contributed by atoms with Crippen LogP contribution in [0.5, 0.6) is 0 Å². The second-order valence-corrected chi connectivity index (χ2v) is 4.75. The summed E-state index contributed by atoms with van der Waals surface area (Å²) in [5.41, 5.74) is 8.91. The standard InChI is InChI=1S/C15H14ClNO/c1-10-2-7-14(17)13(8-10)15(18)9-11-3-5-12(16)6-4-11/h2-8H,9,17H2,1H3. The molecule has 0 bridgehead atoms. The average molecular weight is 260 g/mol. The molecule has 3 heteroatoms. The van der Waals surface area contributed by atoms with Crippen molar-refractivity contribution in [1.29, 1.82) is 0 Å². The van der Waals surface area contributed by atoms with Crippen LogP contribution < -0.4 is 5.73 Å². The van der Waals surface area contributed by atoms with Crippen LogP contribution in [0.25, 0.3) is 0 Å². The number of carbonyl (C=O) groups is 1. The summed E-state index contributed by atoms with van der Waals surface area (Å²) in [7, 11) is 0. The highest BCUT2D eigenvalue weighted by Crippen LogP contribution is 2.17. The van der Waals surface area contributed by atoms with Gasteiger partial charge < -0.3 is 5.73 Å². The lowest BCUT2D eigenvalue weighted by atomic mass is 10.00. The molecule has 0 aliphatic carbocycles. The Balaban J connectivity index is 2.21. The predicted molar refractivity (Wildman–Crippen MR) is 75.1 cm³/mol. The van der Waals surface area contributed by atoms with Crippen LogP contribution in [0, 0.1) is 6.92 Å². The molecule has 2 rings (SSSR count). The zero-order valence-corrected chi connectivity index (χ0v) is 10.9. The van der Waals surface area contributed by atoms with Crippen LogP contribution in [-0.4, -0.2) is 5.78 Å². The molecule has 0 heterocycles. The van der Waals surface area contributed by atoms with Crippen molar-refractivity contribution in [3.8, 4) is 0 Å². The number of anilines is 1. The van der Waals surface area contributed by atoms with Crippen LogP contribution in [0.3, 0.4) is 0 Å². The molecule has 2 nitrogen and oxygen atoms in total. The van der Waals surface area contributed by atoms with Gasteiger partial charge in [0.15, 0.2) is 5.78 Å². The van der Waals surface area contributed by atoms with Crippen LogP contribution in [0.4, 0.5) is 5.69 Å². The summed E-state index contributed by atoms with van der Waals surface area (Å²) in [6.45, 7) is 1.94. The normalized spacial score (nSPS) is 10.3. The van der Waals surface area contributed by atoms with Crippen molar-refractivity contribution in [2.45, 2.75) is 13.3 Å². The van der Waals surface area contributed by atoms with Gasteiger partial charge in [0.05, 0.1) is 0 Å². The third kappa shape index (κ3) is 2.90. The number of aryl methyl sites for hydroxylation is 1. The highest BCUT2D eigenvalue weighted by atomic mass is 35.5. The minimum Gasteiger partial charge on any atom is -0.398 e. The maximum Gasteiger partial charge on any atom is 0.169 e. The van der Waals surface area contributed by atoms with Gasteiger partial charge in [-0.15, -0.1) is 0 Å². The van der Waals surface area contributed by atoms with Crippen LogP contribution in [-0.2, 0) is 6.42 Å². The van der Waals surface area contributed by atoms with Crippen LogP contribution in [0.1, 0.15) is 21.5 Å². The lowest BCUT2D eigenvalue weighted by molar-refractivity contribution is 0.0994. The van der Waals surface area contributed by atoms with E-state index < -0.39 is 0 Å². The Hall–Kier alpha value is -1.80. The molecule has 2 N–H and O–H groups in total. The van der Waals surface area contributed by atoms with E-state index in [1.54, 1.807) is 18.2 Å². The number of ketones is 1. The van der Waals surface area contributed by atoms with Gasteiger partial charge in [0.1, 0.15) is 0 Å². The van der Waals surface area contributed by atoms with Crippen molar-refractivity contribution in [3.63, 3.8) is 0 Å². The van der Waals surface area contributed by atoms with E-state index in [-0.39, 0.29) is 5.78 Å². The summed E-state index contributed by atoms with van der Waals surface area (Å²) in [5.74, 6) is 0.0264. The molecule has 0 aliphatic rings. The van der Waals surface area contributed by atoms with Gasteiger partial charge in [-0.05, 0) is 36.8 Å². The fourth-order valence-corrected chi connectivity index (χ4v) is 1.92. The Morgan fingerprint density at radius 2 is 1.83 bits per heavy atom. The molecule has 0 fully saturated rings. The van der Waals surface area contributed by atoms with Gasteiger partial charge in [-0.25, -0.2) is 0 Å². The maximum absolute atomic E-state index is 12.2. The van der Waals surface area contributed by atoms with E-state index in [1.165, 1.54) is 0 Å². The number of nitrogen functional groups attached to an aromatic ring is 1. The van der Waals surface area contributed by atoms with E-state index >= 15 is 0 Å². The third-order valence-electron chi connectivity index (χ3n) is 2.79. The lowest BCUT2D eigenvalue weighted by Gasteiger charge is -2.06. The molecule has 0 aromatic heterocycles. The Bertz CT molecular complexity index is 576. The zero-order chi connectivity index (χ0) is 13.1. The van der Waals surface area contributed by atoms with Crippen molar-refractivity contribution in [1.82, 2.24) is 0 Å². The largest absolute Gasteiger partial charge is 0.398 e. The monoisotopic (exact) mass is 259 g/mol. The molecular weight excluding hydrogens is 246 g/mol. The van der Waals surface area contributed by atoms with Gasteiger partial charge in [-0.3, -0.25) is 4.79 Å². The topological polar surface area (TPSA) is 43.1 Å². The molecule has 2 aromatic rings. The number of benzene rings is 2. The number of hydrogen-bond donors (Lipinski definition) is 1. The first-order valence-electron chi connectivity index (χ1n) is 5.70. The van der Waals surface area contributed by atoms with Gasteiger partial charge in [0.25, 0.3) is 0 Å². The van der Waals surface area contributed by atoms with E-state index in [0.717, 1.165) is 11.1 Å². The summed E-state index contributed by atoms with van der Waals surface area (Å²) in [6, 6.07) is 12.8. The van der Waals surface area contributed by atoms with E-state index in [1.807, 2.05) is 31.2 Å². The van der Waals surface area contributed by atoms with Gasteiger partial charge >= 0.3 is 0 Å². The Labute approximate surface area is 111 Å². The summed E-state index contributed by atoms with van der Waals surface area (Å²) < 4.78 is 0. The van der Waals surface area contributed by atoms with Crippen LogP contribution >= 0.6 is 11.6 Å². The zero-order valence-electron chi connectivity index (χ0n) is 10.1. The van der Waals surface area contributed by atoms with Gasteiger partial charge in [0, 0.05) is 22.7 Å². The molecule has 0 saturated carbocycles. The second-order valence-electron chi connectivity index (χ2n) is 4.32. The number of nitrogens with two attached hydrogens (primary N) is 1. The van der Waals surface area contributed by atoms with Crippen molar-refractivity contribution in [2.75, 3.05) is 5.73 Å². The number of hydrogen-bond acceptors (Lipinski definition) is 2. The van der Waals surface area contributed by atoms with E-state index in [4.69, 9.17) is 17.3 Å². The first kappa shape index (κ1) is 12.7. The first-order chi connectivity index (χ1) is 8.56. The predicted octanol–water partition coefficient (Wildman–Crippen LogP) is 3.66. The van der Waals surface area contributed by atoms with Gasteiger partial charge in [-0.1, -0.05) is 35.4 Å². The fraction of sp³-hybridized carbons (Fsp3) is 0.133. The molecule has 0 saturated heterocycles. The first-order valence-corrected chi connectivity index (χ1v) is 6.08. The quantitative estimate of drug-likeness (QED) is 0.675. The highest BCUT2D eigenvalue weighted by molar-refractivity contribution is 6.30. The van der Waals surface area contributed by atoms with Crippen LogP contribution in [0.15, 0.2) is 42.5 Å². The van der Waals surface area contributed by atoms with E-state index in [9.17, 15) is 4.79 Å². The molecule has 0 spiro atoms. The SMILES string of the molecule is Cc1ccc(N)c(C(=O)Cc2ccc(Cl)cc2)c1. The van der Waals surface area contributed by atoms with Crippen molar-refractivity contribution >= 4 is 23.1 Å². The van der Waals surface area contributed by atoms with E-state index in [2.05, 4.69) is 0 Å². The van der Waals surface area contributed by atoms with Crippen molar-refractivity contribution in [3.05, 3.63) is 64.2 Å². The van der Waals surface area contributed by atoms with E-state index in [0.29, 0.717) is 22.7 Å². The minimum atomic E-state index is 0.0264. The molecule has 0 aliphatic heterocycles. The van der Waals surface area contributed by atoms with Gasteiger partial charge in [0.2, 0.25) is 0 Å². The number of halogens is 1. The van der Waals surface area contributed by atoms with Crippen molar-refractivity contribution < 1.29 is 4.79 Å². The molecule has 2 aromatic carbocycles. The van der Waals surface area contributed by atoms with Crippen molar-refractivity contribution in [2.24, 2.45) is 0 Å². The smallest absolute Gasteiger partial charge is 0.169 e. The third-order valence-corrected chi connectivity index (χ3v) is 3.04. The Morgan fingerprint density at radius 1 is 1.17 bits per heavy atom.